The van der Waals surface area contributed by atoms with Gasteiger partial charge in [-0.25, -0.2) is 0 Å². The van der Waals surface area contributed by atoms with Crippen LogP contribution in [0.25, 0.3) is 5.70 Å². The number of benzene rings is 4. The molecule has 0 aliphatic carbocycles. The van der Waals surface area contributed by atoms with Crippen LogP contribution >= 0.6 is 0 Å². The third-order valence-corrected chi connectivity index (χ3v) is 4.54. The van der Waals surface area contributed by atoms with E-state index in [0.717, 1.165) is 28.2 Å². The molecule has 0 unspecified atom stereocenters. The Morgan fingerprint density at radius 3 is 1.52 bits per heavy atom. The van der Waals surface area contributed by atoms with Crippen LogP contribution < -0.4 is 4.90 Å². The molecule has 1 heteroatoms. The van der Waals surface area contributed by atoms with E-state index in [9.17, 15) is 0 Å². The summed E-state index contributed by atoms with van der Waals surface area (Å²) in [6.45, 7) is 0. The van der Waals surface area contributed by atoms with Gasteiger partial charge >= 0.3 is 0 Å². The van der Waals surface area contributed by atoms with Crippen LogP contribution in [0.15, 0.2) is 127 Å². The Labute approximate surface area is 172 Å². The van der Waals surface area contributed by atoms with Gasteiger partial charge in [0.1, 0.15) is 0 Å². The topological polar surface area (TPSA) is 3.24 Å². The Balaban J connectivity index is 1.86. The number of hydrogen-bond acceptors (Lipinski definition) is 1. The smallest absolute Gasteiger partial charge is 0.0617 e. The third-order valence-electron chi connectivity index (χ3n) is 4.54. The van der Waals surface area contributed by atoms with Crippen molar-refractivity contribution < 1.29 is 0 Å². The average molecular weight is 371 g/mol. The molecule has 0 aromatic heterocycles. The van der Waals surface area contributed by atoms with Crippen molar-refractivity contribution in [3.05, 3.63) is 139 Å². The first-order valence-corrected chi connectivity index (χ1v) is 9.64. The molecule has 0 amide bonds. The molecule has 4 aromatic carbocycles. The molecule has 0 saturated heterocycles. The van der Waals surface area contributed by atoms with Crippen molar-refractivity contribution >= 4 is 17.1 Å². The van der Waals surface area contributed by atoms with Gasteiger partial charge in [-0.3, -0.25) is 0 Å². The summed E-state index contributed by atoms with van der Waals surface area (Å²) in [6.07, 6.45) is 2.00. The highest BCUT2D eigenvalue weighted by Crippen LogP contribution is 2.34. The van der Waals surface area contributed by atoms with Crippen molar-refractivity contribution in [1.82, 2.24) is 0 Å². The summed E-state index contributed by atoms with van der Waals surface area (Å²) >= 11 is 0. The zero-order valence-electron chi connectivity index (χ0n) is 16.1. The Morgan fingerprint density at radius 2 is 1.00 bits per heavy atom. The van der Waals surface area contributed by atoms with E-state index in [1.165, 1.54) is 0 Å². The highest BCUT2D eigenvalue weighted by atomic mass is 15.1. The van der Waals surface area contributed by atoms with E-state index in [1.54, 1.807) is 0 Å². The second kappa shape index (κ2) is 9.26. The summed E-state index contributed by atoms with van der Waals surface area (Å²) in [7, 11) is 0. The Hall–Kier alpha value is -4.02. The van der Waals surface area contributed by atoms with Crippen molar-refractivity contribution in [3.63, 3.8) is 0 Å². The zero-order valence-corrected chi connectivity index (χ0v) is 16.1. The molecule has 0 aliphatic rings. The van der Waals surface area contributed by atoms with E-state index in [2.05, 4.69) is 89.5 Å². The number of hydrogen-bond donors (Lipinski definition) is 0. The maximum Gasteiger partial charge on any atom is 0.0617 e. The molecular formula is C28H21N. The fraction of sp³-hybridized carbons (Fsp3) is 0. The minimum absolute atomic E-state index is 1.00. The van der Waals surface area contributed by atoms with Crippen LogP contribution in [0.1, 0.15) is 11.1 Å². The molecule has 138 valence electrons. The molecule has 0 aliphatic heterocycles. The van der Waals surface area contributed by atoms with Gasteiger partial charge in [0, 0.05) is 23.0 Å². The molecular weight excluding hydrogens is 350 g/mol. The summed E-state index contributed by atoms with van der Waals surface area (Å²) < 4.78 is 0. The second-order valence-electron chi connectivity index (χ2n) is 6.54. The predicted molar refractivity (Wildman–Crippen MR) is 123 cm³/mol. The van der Waals surface area contributed by atoms with E-state index in [0.29, 0.717) is 0 Å². The first-order valence-electron chi connectivity index (χ1n) is 9.64. The molecule has 0 radical (unpaired) electrons. The molecule has 29 heavy (non-hydrogen) atoms. The maximum absolute atomic E-state index is 3.27. The Morgan fingerprint density at radius 1 is 0.552 bits per heavy atom. The average Bonchev–Trinajstić information content (AvgIpc) is 2.81. The summed E-state index contributed by atoms with van der Waals surface area (Å²) in [5.41, 5.74) is 5.33. The van der Waals surface area contributed by atoms with Crippen molar-refractivity contribution in [1.29, 1.82) is 0 Å². The standard InChI is InChI=1S/C28H21N/c1-5-14-24(15-6-1)16-13-23-28(25-17-7-2-8-18-25)29(26-19-9-3-10-20-26)27-21-11-4-12-22-27/h1-12,14-15,17-23H/b28-23-. The monoisotopic (exact) mass is 371 g/mol. The first-order chi connectivity index (χ1) is 14.4. The van der Waals surface area contributed by atoms with Gasteiger partial charge < -0.3 is 4.90 Å². The number of allylic oxidation sites excluding steroid dienone is 1. The minimum Gasteiger partial charge on any atom is -0.309 e. The Bertz CT molecular complexity index is 1080. The zero-order chi connectivity index (χ0) is 19.7. The van der Waals surface area contributed by atoms with E-state index < -0.39 is 0 Å². The van der Waals surface area contributed by atoms with Crippen molar-refractivity contribution in [2.45, 2.75) is 0 Å². The van der Waals surface area contributed by atoms with E-state index in [-0.39, 0.29) is 0 Å². The van der Waals surface area contributed by atoms with Crippen LogP contribution in [-0.2, 0) is 0 Å². The van der Waals surface area contributed by atoms with Crippen LogP contribution in [0.2, 0.25) is 0 Å². The van der Waals surface area contributed by atoms with Crippen molar-refractivity contribution in [2.75, 3.05) is 4.90 Å². The van der Waals surface area contributed by atoms with Gasteiger partial charge in [0.2, 0.25) is 0 Å². The molecule has 0 heterocycles. The van der Waals surface area contributed by atoms with Gasteiger partial charge in [-0.15, -0.1) is 0 Å². The quantitative estimate of drug-likeness (QED) is 0.352. The molecule has 0 atom stereocenters. The predicted octanol–water partition coefficient (Wildman–Crippen LogP) is 6.92. The van der Waals surface area contributed by atoms with Crippen LogP contribution in [0.3, 0.4) is 0 Å². The van der Waals surface area contributed by atoms with E-state index in [1.807, 2.05) is 54.6 Å². The molecule has 4 rings (SSSR count). The fourth-order valence-electron chi connectivity index (χ4n) is 3.18. The fourth-order valence-corrected chi connectivity index (χ4v) is 3.18. The summed E-state index contributed by atoms with van der Waals surface area (Å²) in [5.74, 6) is 6.52. The van der Waals surface area contributed by atoms with Gasteiger partial charge in [-0.2, -0.15) is 0 Å². The summed E-state index contributed by atoms with van der Waals surface area (Å²) in [6, 6.07) is 41.2. The lowest BCUT2D eigenvalue weighted by Gasteiger charge is -2.27. The molecule has 0 spiro atoms. The van der Waals surface area contributed by atoms with Gasteiger partial charge in [0.05, 0.1) is 5.70 Å². The number of para-hydroxylation sites is 2. The van der Waals surface area contributed by atoms with Crippen molar-refractivity contribution in [3.8, 4) is 11.8 Å². The highest BCUT2D eigenvalue weighted by Gasteiger charge is 2.15. The Kier molecular flexibility index (Phi) is 5.86. The van der Waals surface area contributed by atoms with Gasteiger partial charge in [0.25, 0.3) is 0 Å². The molecule has 0 fully saturated rings. The SMILES string of the molecule is C(#Cc1ccccc1)/C=C(/c1ccccc1)N(c1ccccc1)c1ccccc1. The van der Waals surface area contributed by atoms with E-state index >= 15 is 0 Å². The lowest BCUT2D eigenvalue weighted by molar-refractivity contribution is 1.29. The molecule has 1 nitrogen and oxygen atoms in total. The molecule has 0 N–H and O–H groups in total. The number of nitrogens with zero attached hydrogens (tertiary/aromatic N) is 1. The van der Waals surface area contributed by atoms with Crippen LogP contribution in [0, 0.1) is 11.8 Å². The number of anilines is 2. The van der Waals surface area contributed by atoms with Crippen molar-refractivity contribution in [2.24, 2.45) is 0 Å². The molecule has 0 saturated carbocycles. The van der Waals surface area contributed by atoms with Gasteiger partial charge in [0.15, 0.2) is 0 Å². The normalized spacial score (nSPS) is 10.7. The molecule has 0 bridgehead atoms. The largest absolute Gasteiger partial charge is 0.309 e. The second-order valence-corrected chi connectivity index (χ2v) is 6.54. The maximum atomic E-state index is 3.27. The minimum atomic E-state index is 1.00. The number of rotatable bonds is 4. The van der Waals surface area contributed by atoms with E-state index in [4.69, 9.17) is 0 Å². The lowest BCUT2D eigenvalue weighted by atomic mass is 10.1. The lowest BCUT2D eigenvalue weighted by Crippen LogP contribution is -2.15. The molecule has 4 aromatic rings. The van der Waals surface area contributed by atoms with Crippen LogP contribution in [0.5, 0.6) is 0 Å². The van der Waals surface area contributed by atoms with Crippen LogP contribution in [-0.4, -0.2) is 0 Å². The van der Waals surface area contributed by atoms with Crippen LogP contribution in [0.4, 0.5) is 11.4 Å². The van der Waals surface area contributed by atoms with Gasteiger partial charge in [-0.05, 0) is 42.0 Å². The summed E-state index contributed by atoms with van der Waals surface area (Å²) in [4.78, 5) is 2.25. The first kappa shape index (κ1) is 18.3. The highest BCUT2D eigenvalue weighted by molar-refractivity contribution is 5.88. The third kappa shape index (κ3) is 4.64. The van der Waals surface area contributed by atoms with Gasteiger partial charge in [-0.1, -0.05) is 96.8 Å². The summed E-state index contributed by atoms with van der Waals surface area (Å²) in [5, 5.41) is 0.